The summed E-state index contributed by atoms with van der Waals surface area (Å²) in [6, 6.07) is 2.72. The zero-order valence-electron chi connectivity index (χ0n) is 13.4. The van der Waals surface area contributed by atoms with Gasteiger partial charge in [-0.25, -0.2) is 9.38 Å². The normalized spacial score (nSPS) is 31.4. The highest BCUT2D eigenvalue weighted by molar-refractivity contribution is 6.07. The second-order valence-corrected chi connectivity index (χ2v) is 6.21. The summed E-state index contributed by atoms with van der Waals surface area (Å²) in [4.78, 5) is 18.9. The highest BCUT2D eigenvalue weighted by Gasteiger charge is 2.60. The van der Waals surface area contributed by atoms with E-state index in [0.29, 0.717) is 30.9 Å². The fraction of sp³-hybridized carbons (Fsp3) is 0.500. The average molecular weight is 335 g/mol. The molecule has 0 aromatic heterocycles. The number of carbonyl (C=O) groups excluding carboxylic acids is 1. The molecule has 8 heteroatoms. The molecular weight excluding hydrogens is 317 g/mol. The van der Waals surface area contributed by atoms with Gasteiger partial charge in [0, 0.05) is 25.1 Å². The maximum Gasteiger partial charge on any atom is 0.262 e. The Morgan fingerprint density at radius 3 is 2.96 bits per heavy atom. The average Bonchev–Trinajstić information content (AvgIpc) is 2.80. The summed E-state index contributed by atoms with van der Waals surface area (Å²) in [5, 5.41) is 0. The lowest BCUT2D eigenvalue weighted by atomic mass is 9.71. The zero-order valence-corrected chi connectivity index (χ0v) is 13.4. The lowest BCUT2D eigenvalue weighted by Crippen LogP contribution is -2.56. The van der Waals surface area contributed by atoms with E-state index < -0.39 is 11.4 Å². The third-order valence-corrected chi connectivity index (χ3v) is 5.04. The summed E-state index contributed by atoms with van der Waals surface area (Å²) in [5.41, 5.74) is 5.12. The van der Waals surface area contributed by atoms with Gasteiger partial charge < -0.3 is 19.9 Å². The smallest absolute Gasteiger partial charge is 0.262 e. The molecule has 0 aliphatic carbocycles. The van der Waals surface area contributed by atoms with Crippen molar-refractivity contribution in [3.8, 4) is 11.5 Å². The summed E-state index contributed by atoms with van der Waals surface area (Å²) in [6.07, 6.45) is 0.317. The molecule has 1 amide bonds. The molecule has 3 aliphatic rings. The molecule has 4 rings (SSSR count). The topological polar surface area (TPSA) is 86.4 Å². The van der Waals surface area contributed by atoms with Crippen LogP contribution in [-0.4, -0.2) is 50.2 Å². The molecule has 0 radical (unpaired) electrons. The fourth-order valence-electron chi connectivity index (χ4n) is 3.78. The first-order valence-corrected chi connectivity index (χ1v) is 7.75. The molecule has 1 aromatic rings. The molecule has 3 heterocycles. The lowest BCUT2D eigenvalue weighted by molar-refractivity contribution is -0.141. The van der Waals surface area contributed by atoms with Crippen molar-refractivity contribution in [3.63, 3.8) is 0 Å². The minimum atomic E-state index is -1.27. The largest absolute Gasteiger partial charge is 0.494 e. The number of nitrogens with two attached hydrogens (primary N) is 1. The number of likely N-dealkylation sites (N-methyl/N-ethyl adjacent to an activating group) is 1. The molecular formula is C16H18FN3O4. The van der Waals surface area contributed by atoms with Crippen LogP contribution < -0.4 is 15.2 Å². The van der Waals surface area contributed by atoms with Crippen molar-refractivity contribution in [2.45, 2.75) is 18.1 Å². The first-order chi connectivity index (χ1) is 11.5. The second-order valence-electron chi connectivity index (χ2n) is 6.21. The van der Waals surface area contributed by atoms with E-state index in [0.717, 1.165) is 0 Å². The third-order valence-electron chi connectivity index (χ3n) is 5.04. The Hall–Kier alpha value is -2.35. The number of amides is 1. The minimum Gasteiger partial charge on any atom is -0.494 e. The van der Waals surface area contributed by atoms with Crippen molar-refractivity contribution in [2.24, 2.45) is 16.6 Å². The monoisotopic (exact) mass is 335 g/mol. The van der Waals surface area contributed by atoms with Gasteiger partial charge in [0.05, 0.1) is 26.2 Å². The van der Waals surface area contributed by atoms with Crippen LogP contribution in [0, 0.1) is 11.7 Å². The number of carbonyl (C=O) groups is 1. The van der Waals surface area contributed by atoms with Crippen molar-refractivity contribution in [1.82, 2.24) is 4.90 Å². The maximum absolute atomic E-state index is 14.1. The number of rotatable bonds is 1. The van der Waals surface area contributed by atoms with E-state index in [1.165, 1.54) is 24.1 Å². The highest BCUT2D eigenvalue weighted by atomic mass is 19.1. The Morgan fingerprint density at radius 1 is 1.50 bits per heavy atom. The van der Waals surface area contributed by atoms with Crippen LogP contribution in [-0.2, 0) is 15.1 Å². The van der Waals surface area contributed by atoms with E-state index >= 15 is 0 Å². The van der Waals surface area contributed by atoms with Crippen LogP contribution in [0.25, 0.3) is 0 Å². The van der Waals surface area contributed by atoms with Gasteiger partial charge in [0.25, 0.3) is 5.91 Å². The summed E-state index contributed by atoms with van der Waals surface area (Å²) in [7, 11) is 2.94. The van der Waals surface area contributed by atoms with Crippen molar-refractivity contribution in [2.75, 3.05) is 27.4 Å². The van der Waals surface area contributed by atoms with Gasteiger partial charge in [-0.3, -0.25) is 9.69 Å². The Balaban J connectivity index is 1.98. The molecule has 24 heavy (non-hydrogen) atoms. The van der Waals surface area contributed by atoms with Gasteiger partial charge >= 0.3 is 0 Å². The predicted octanol–water partition coefficient (Wildman–Crippen LogP) is 0.614. The molecule has 2 N–H and O–H groups in total. The molecule has 1 spiro atoms. The highest BCUT2D eigenvalue weighted by Crippen LogP contribution is 2.52. The van der Waals surface area contributed by atoms with Crippen LogP contribution in [0.3, 0.4) is 0 Å². The fourth-order valence-corrected chi connectivity index (χ4v) is 3.78. The number of halogens is 1. The SMILES string of the molecule is COc1cc2c(cc1F)OC1CCOCC1C21N=C(N)N(C)C1=O. The second kappa shape index (κ2) is 5.07. The van der Waals surface area contributed by atoms with Gasteiger partial charge in [-0.05, 0) is 6.07 Å². The number of nitrogens with zero attached hydrogens (tertiary/aromatic N) is 2. The van der Waals surface area contributed by atoms with E-state index in [-0.39, 0.29) is 29.6 Å². The number of hydrogen-bond donors (Lipinski definition) is 1. The third kappa shape index (κ3) is 1.80. The standard InChI is InChI=1S/C16H18FN3O4/c1-20-14(21)16(19-15(20)18)8-5-13(22-2)10(17)6-12(8)24-11-3-4-23-7-9(11)16/h5-6,9,11H,3-4,7H2,1-2H3,(H2,18,19). The van der Waals surface area contributed by atoms with Gasteiger partial charge in [-0.1, -0.05) is 0 Å². The molecule has 1 aromatic carbocycles. The van der Waals surface area contributed by atoms with Crippen molar-refractivity contribution < 1.29 is 23.4 Å². The summed E-state index contributed by atoms with van der Waals surface area (Å²) in [5.74, 6) is -0.684. The van der Waals surface area contributed by atoms with Crippen molar-refractivity contribution in [3.05, 3.63) is 23.5 Å². The van der Waals surface area contributed by atoms with Crippen molar-refractivity contribution >= 4 is 11.9 Å². The van der Waals surface area contributed by atoms with Crippen LogP contribution in [0.4, 0.5) is 4.39 Å². The van der Waals surface area contributed by atoms with Crippen LogP contribution in [0.5, 0.6) is 11.5 Å². The Morgan fingerprint density at radius 2 is 2.29 bits per heavy atom. The minimum absolute atomic E-state index is 0.0306. The predicted molar refractivity (Wildman–Crippen MR) is 82.4 cm³/mol. The van der Waals surface area contributed by atoms with Crippen LogP contribution in [0.2, 0.25) is 0 Å². The van der Waals surface area contributed by atoms with E-state index in [9.17, 15) is 9.18 Å². The Bertz CT molecular complexity index is 753. The van der Waals surface area contributed by atoms with Gasteiger partial charge in [0.1, 0.15) is 11.9 Å². The number of methoxy groups -OCH3 is 1. The number of guanidine groups is 1. The zero-order chi connectivity index (χ0) is 17.1. The molecule has 128 valence electrons. The van der Waals surface area contributed by atoms with E-state index in [4.69, 9.17) is 19.9 Å². The number of fused-ring (bicyclic) bond motifs is 4. The van der Waals surface area contributed by atoms with Gasteiger partial charge in [-0.15, -0.1) is 0 Å². The summed E-state index contributed by atoms with van der Waals surface area (Å²) >= 11 is 0. The number of aliphatic imine (C=N–C) groups is 1. The summed E-state index contributed by atoms with van der Waals surface area (Å²) in [6.45, 7) is 0.842. The van der Waals surface area contributed by atoms with E-state index in [1.807, 2.05) is 0 Å². The Kier molecular flexibility index (Phi) is 3.21. The quantitative estimate of drug-likeness (QED) is 0.813. The lowest BCUT2D eigenvalue weighted by Gasteiger charge is -2.45. The van der Waals surface area contributed by atoms with Crippen molar-refractivity contribution in [1.29, 1.82) is 0 Å². The molecule has 0 bridgehead atoms. The summed E-state index contributed by atoms with van der Waals surface area (Å²) < 4.78 is 30.8. The number of hydrogen-bond acceptors (Lipinski definition) is 6. The molecule has 3 unspecified atom stereocenters. The van der Waals surface area contributed by atoms with Crippen LogP contribution in [0.15, 0.2) is 17.1 Å². The van der Waals surface area contributed by atoms with E-state index in [2.05, 4.69) is 4.99 Å². The molecule has 1 fully saturated rings. The van der Waals surface area contributed by atoms with E-state index in [1.54, 1.807) is 7.05 Å². The Labute approximate surface area is 138 Å². The van der Waals surface area contributed by atoms with Gasteiger partial charge in [-0.2, -0.15) is 0 Å². The molecule has 7 nitrogen and oxygen atoms in total. The van der Waals surface area contributed by atoms with Crippen LogP contribution in [0.1, 0.15) is 12.0 Å². The molecule has 3 aliphatic heterocycles. The molecule has 0 saturated carbocycles. The first kappa shape index (κ1) is 15.2. The van der Waals surface area contributed by atoms with Crippen LogP contribution >= 0.6 is 0 Å². The number of ether oxygens (including phenoxy) is 3. The van der Waals surface area contributed by atoms with Gasteiger partial charge in [0.2, 0.25) is 0 Å². The first-order valence-electron chi connectivity index (χ1n) is 7.75. The maximum atomic E-state index is 14.1. The van der Waals surface area contributed by atoms with Gasteiger partial charge in [0.15, 0.2) is 23.1 Å². The molecule has 3 atom stereocenters. The molecule has 1 saturated heterocycles. The number of benzene rings is 1.